The molecule has 0 amide bonds. The third kappa shape index (κ3) is 1.52. The van der Waals surface area contributed by atoms with Crippen LogP contribution in [0.25, 0.3) is 5.69 Å². The van der Waals surface area contributed by atoms with Gasteiger partial charge in [0.2, 0.25) is 0 Å². The van der Waals surface area contributed by atoms with Gasteiger partial charge in [0.05, 0.1) is 5.69 Å². The number of nitrogens with two attached hydrogens (primary N) is 1. The van der Waals surface area contributed by atoms with Crippen molar-refractivity contribution in [3.05, 3.63) is 35.5 Å². The molecule has 1 heterocycles. The molecule has 0 aliphatic carbocycles. The highest BCUT2D eigenvalue weighted by Gasteiger charge is 2.16. The summed E-state index contributed by atoms with van der Waals surface area (Å²) < 4.78 is 28.1. The topological polar surface area (TPSA) is 56.7 Å². The molecule has 84 valence electrons. The average molecular weight is 224 g/mol. The normalized spacial score (nSPS) is 10.7. The first-order valence-electron chi connectivity index (χ1n) is 4.79. The highest BCUT2D eigenvalue weighted by molar-refractivity contribution is 5.42. The molecule has 0 aliphatic heterocycles. The zero-order valence-electron chi connectivity index (χ0n) is 8.61. The van der Waals surface area contributed by atoms with Crippen molar-refractivity contribution in [3.8, 4) is 5.69 Å². The largest absolute Gasteiger partial charge is 0.381 e. The molecule has 16 heavy (non-hydrogen) atoms. The lowest BCUT2D eigenvalue weighted by Crippen LogP contribution is -2.07. The number of benzene rings is 1. The smallest absolute Gasteiger partial charge is 0.169 e. The average Bonchev–Trinajstić information content (AvgIpc) is 2.59. The minimum atomic E-state index is -0.695. The van der Waals surface area contributed by atoms with E-state index in [2.05, 4.69) is 10.3 Å². The number of anilines is 1. The molecule has 6 heteroatoms. The first-order valence-corrected chi connectivity index (χ1v) is 4.79. The number of aromatic nitrogens is 3. The van der Waals surface area contributed by atoms with Crippen LogP contribution < -0.4 is 5.73 Å². The van der Waals surface area contributed by atoms with E-state index in [1.165, 1.54) is 6.07 Å². The van der Waals surface area contributed by atoms with Gasteiger partial charge in [0.1, 0.15) is 5.69 Å². The maximum absolute atomic E-state index is 13.5. The highest BCUT2D eigenvalue weighted by Crippen LogP contribution is 2.20. The van der Waals surface area contributed by atoms with Gasteiger partial charge < -0.3 is 5.73 Å². The van der Waals surface area contributed by atoms with Crippen molar-refractivity contribution < 1.29 is 8.78 Å². The molecule has 0 atom stereocenters. The molecule has 2 rings (SSSR count). The Morgan fingerprint density at radius 2 is 1.94 bits per heavy atom. The number of hydrogen-bond acceptors (Lipinski definition) is 3. The summed E-state index contributed by atoms with van der Waals surface area (Å²) in [4.78, 5) is 0. The summed E-state index contributed by atoms with van der Waals surface area (Å²) in [5.41, 5.74) is 5.79. The van der Waals surface area contributed by atoms with Crippen molar-refractivity contribution in [1.82, 2.24) is 15.0 Å². The lowest BCUT2D eigenvalue weighted by atomic mass is 10.2. The number of nitrogen functional groups attached to an aromatic ring is 1. The fourth-order valence-electron chi connectivity index (χ4n) is 1.52. The first-order chi connectivity index (χ1) is 7.65. The Balaban J connectivity index is 2.67. The minimum absolute atomic E-state index is 0.185. The van der Waals surface area contributed by atoms with Gasteiger partial charge in [0, 0.05) is 0 Å². The summed E-state index contributed by atoms with van der Waals surface area (Å²) in [5, 5.41) is 7.24. The van der Waals surface area contributed by atoms with Crippen LogP contribution in [0.4, 0.5) is 14.6 Å². The standard InChI is InChI=1S/C10H10F2N4/c1-2-8-10(13)14-15-16(8)9-6(11)4-3-5-7(9)12/h3-5H,2,13H2,1H3. The lowest BCUT2D eigenvalue weighted by Gasteiger charge is -2.06. The number of halogens is 2. The van der Waals surface area contributed by atoms with Gasteiger partial charge in [-0.1, -0.05) is 18.2 Å². The van der Waals surface area contributed by atoms with Crippen LogP contribution in [-0.4, -0.2) is 15.0 Å². The molecule has 0 radical (unpaired) electrons. The van der Waals surface area contributed by atoms with Crippen LogP contribution in [0.5, 0.6) is 0 Å². The maximum Gasteiger partial charge on any atom is 0.169 e. The van der Waals surface area contributed by atoms with E-state index >= 15 is 0 Å². The van der Waals surface area contributed by atoms with Gasteiger partial charge in [-0.2, -0.15) is 0 Å². The second-order valence-corrected chi connectivity index (χ2v) is 3.26. The van der Waals surface area contributed by atoms with Crippen molar-refractivity contribution in [3.63, 3.8) is 0 Å². The lowest BCUT2D eigenvalue weighted by molar-refractivity contribution is 0.552. The summed E-state index contributed by atoms with van der Waals surface area (Å²) in [6, 6.07) is 3.62. The SMILES string of the molecule is CCc1c(N)nnn1-c1c(F)cccc1F. The monoisotopic (exact) mass is 224 g/mol. The minimum Gasteiger partial charge on any atom is -0.381 e. The van der Waals surface area contributed by atoms with Crippen LogP contribution >= 0.6 is 0 Å². The molecule has 1 aromatic heterocycles. The Labute approximate surface area is 90.7 Å². The van der Waals surface area contributed by atoms with Gasteiger partial charge >= 0.3 is 0 Å². The number of rotatable bonds is 2. The van der Waals surface area contributed by atoms with E-state index in [0.717, 1.165) is 16.8 Å². The van der Waals surface area contributed by atoms with Gasteiger partial charge in [-0.15, -0.1) is 5.10 Å². The molecule has 2 aromatic rings. The number of nitrogens with zero attached hydrogens (tertiary/aromatic N) is 3. The van der Waals surface area contributed by atoms with E-state index in [-0.39, 0.29) is 11.5 Å². The van der Waals surface area contributed by atoms with Crippen LogP contribution in [0.2, 0.25) is 0 Å². The van der Waals surface area contributed by atoms with Crippen LogP contribution in [-0.2, 0) is 6.42 Å². The molecule has 4 nitrogen and oxygen atoms in total. The van der Waals surface area contributed by atoms with Crippen LogP contribution in [0.15, 0.2) is 18.2 Å². The second kappa shape index (κ2) is 3.88. The Kier molecular flexibility index (Phi) is 2.55. The van der Waals surface area contributed by atoms with Crippen molar-refractivity contribution >= 4 is 5.82 Å². The van der Waals surface area contributed by atoms with Gasteiger partial charge in [0.15, 0.2) is 17.5 Å². The van der Waals surface area contributed by atoms with Gasteiger partial charge in [-0.05, 0) is 18.6 Å². The van der Waals surface area contributed by atoms with Crippen molar-refractivity contribution in [2.24, 2.45) is 0 Å². The van der Waals surface area contributed by atoms with Gasteiger partial charge in [-0.25, -0.2) is 13.5 Å². The van der Waals surface area contributed by atoms with E-state index in [0.29, 0.717) is 12.1 Å². The van der Waals surface area contributed by atoms with E-state index in [1.807, 2.05) is 6.92 Å². The summed E-state index contributed by atoms with van der Waals surface area (Å²) >= 11 is 0. The van der Waals surface area contributed by atoms with E-state index in [9.17, 15) is 8.78 Å². The third-order valence-electron chi connectivity index (χ3n) is 2.28. The molecular weight excluding hydrogens is 214 g/mol. The highest BCUT2D eigenvalue weighted by atomic mass is 19.1. The Morgan fingerprint density at radius 1 is 1.31 bits per heavy atom. The molecule has 0 saturated carbocycles. The van der Waals surface area contributed by atoms with Crippen molar-refractivity contribution in [1.29, 1.82) is 0 Å². The van der Waals surface area contributed by atoms with E-state index in [4.69, 9.17) is 5.73 Å². The van der Waals surface area contributed by atoms with E-state index in [1.54, 1.807) is 0 Å². The molecule has 2 N–H and O–H groups in total. The molecular formula is C10H10F2N4. The quantitative estimate of drug-likeness (QED) is 0.844. The summed E-state index contributed by atoms with van der Waals surface area (Å²) in [5.74, 6) is -1.20. The fraction of sp³-hybridized carbons (Fsp3) is 0.200. The zero-order valence-corrected chi connectivity index (χ0v) is 8.61. The van der Waals surface area contributed by atoms with Crippen molar-refractivity contribution in [2.75, 3.05) is 5.73 Å². The summed E-state index contributed by atoms with van der Waals surface area (Å²) in [6.07, 6.45) is 0.493. The summed E-state index contributed by atoms with van der Waals surface area (Å²) in [6.45, 7) is 1.81. The number of para-hydroxylation sites is 1. The molecule has 0 saturated heterocycles. The number of hydrogen-bond donors (Lipinski definition) is 1. The molecule has 1 aromatic carbocycles. The Morgan fingerprint density at radius 3 is 2.50 bits per heavy atom. The second-order valence-electron chi connectivity index (χ2n) is 3.26. The Bertz CT molecular complexity index is 501. The molecule has 0 aliphatic rings. The molecule has 0 bridgehead atoms. The predicted octanol–water partition coefficient (Wildman–Crippen LogP) is 1.69. The molecule has 0 unspecified atom stereocenters. The van der Waals surface area contributed by atoms with Crippen molar-refractivity contribution in [2.45, 2.75) is 13.3 Å². The van der Waals surface area contributed by atoms with Crippen LogP contribution in [0.3, 0.4) is 0 Å². The third-order valence-corrected chi connectivity index (χ3v) is 2.28. The maximum atomic E-state index is 13.5. The molecule has 0 fully saturated rings. The van der Waals surface area contributed by atoms with Gasteiger partial charge in [0.25, 0.3) is 0 Å². The summed E-state index contributed by atoms with van der Waals surface area (Å²) in [7, 11) is 0. The Hall–Kier alpha value is -1.98. The van der Waals surface area contributed by atoms with Crippen LogP contribution in [0.1, 0.15) is 12.6 Å². The zero-order chi connectivity index (χ0) is 11.7. The first kappa shape index (κ1) is 10.5. The predicted molar refractivity (Wildman–Crippen MR) is 55.1 cm³/mol. The van der Waals surface area contributed by atoms with Crippen LogP contribution in [0, 0.1) is 11.6 Å². The fourth-order valence-corrected chi connectivity index (χ4v) is 1.52. The van der Waals surface area contributed by atoms with E-state index < -0.39 is 11.6 Å². The molecule has 0 spiro atoms. The van der Waals surface area contributed by atoms with Gasteiger partial charge in [-0.3, -0.25) is 0 Å².